The smallest absolute Gasteiger partial charge is 0.0931 e. The minimum Gasteiger partial charge on any atom is -0.313 e. The number of pyridine rings is 1. The van der Waals surface area contributed by atoms with Gasteiger partial charge in [-0.25, -0.2) is 0 Å². The van der Waals surface area contributed by atoms with E-state index in [0.717, 1.165) is 36.2 Å². The van der Waals surface area contributed by atoms with Crippen molar-refractivity contribution in [2.75, 3.05) is 13.6 Å². The SMILES string of the molecule is CCNCc1ccc(CN(C)Cc2ccc(Cl)s2)nc1. The van der Waals surface area contributed by atoms with Gasteiger partial charge in [0.15, 0.2) is 0 Å². The van der Waals surface area contributed by atoms with Crippen LogP contribution in [-0.4, -0.2) is 23.5 Å². The molecule has 0 saturated carbocycles. The van der Waals surface area contributed by atoms with Gasteiger partial charge in [-0.1, -0.05) is 24.6 Å². The number of aromatic nitrogens is 1. The van der Waals surface area contributed by atoms with Gasteiger partial charge in [-0.05, 0) is 37.4 Å². The highest BCUT2D eigenvalue weighted by atomic mass is 35.5. The lowest BCUT2D eigenvalue weighted by Gasteiger charge is -2.15. The van der Waals surface area contributed by atoms with E-state index < -0.39 is 0 Å². The Morgan fingerprint density at radius 3 is 2.70 bits per heavy atom. The Balaban J connectivity index is 1.85. The number of rotatable bonds is 7. The summed E-state index contributed by atoms with van der Waals surface area (Å²) in [7, 11) is 2.10. The van der Waals surface area contributed by atoms with Crippen LogP contribution in [0.15, 0.2) is 30.5 Å². The second-order valence-electron chi connectivity index (χ2n) is 4.82. The van der Waals surface area contributed by atoms with Crippen LogP contribution < -0.4 is 5.32 Å². The first-order valence-electron chi connectivity index (χ1n) is 6.74. The Kier molecular flexibility index (Phi) is 5.98. The van der Waals surface area contributed by atoms with Gasteiger partial charge in [-0.2, -0.15) is 0 Å². The van der Waals surface area contributed by atoms with Gasteiger partial charge in [0, 0.05) is 30.7 Å². The van der Waals surface area contributed by atoms with Crippen molar-refractivity contribution in [3.05, 3.63) is 50.9 Å². The molecule has 0 amide bonds. The highest BCUT2D eigenvalue weighted by Gasteiger charge is 2.05. The summed E-state index contributed by atoms with van der Waals surface area (Å²) in [5.41, 5.74) is 2.32. The van der Waals surface area contributed by atoms with Crippen molar-refractivity contribution >= 4 is 22.9 Å². The van der Waals surface area contributed by atoms with Gasteiger partial charge in [0.05, 0.1) is 10.0 Å². The normalized spacial score (nSPS) is 11.2. The number of hydrogen-bond acceptors (Lipinski definition) is 4. The van der Waals surface area contributed by atoms with Crippen LogP contribution in [0.2, 0.25) is 4.34 Å². The van der Waals surface area contributed by atoms with Gasteiger partial charge in [0.25, 0.3) is 0 Å². The third kappa shape index (κ3) is 4.87. The predicted octanol–water partition coefficient (Wildman–Crippen LogP) is 3.54. The van der Waals surface area contributed by atoms with Crippen LogP contribution in [0.3, 0.4) is 0 Å². The van der Waals surface area contributed by atoms with Crippen LogP contribution in [0.4, 0.5) is 0 Å². The molecule has 0 aliphatic carbocycles. The first kappa shape index (κ1) is 15.4. The molecule has 20 heavy (non-hydrogen) atoms. The standard InChI is InChI=1S/C15H20ClN3S/c1-3-17-8-12-4-5-13(18-9-12)10-19(2)11-14-6-7-15(16)20-14/h4-7,9,17H,3,8,10-11H2,1-2H3. The average molecular weight is 310 g/mol. The quantitative estimate of drug-likeness (QED) is 0.848. The molecule has 108 valence electrons. The number of nitrogens with one attached hydrogen (secondary N) is 1. The molecule has 0 atom stereocenters. The summed E-state index contributed by atoms with van der Waals surface area (Å²) in [6, 6.07) is 8.27. The molecule has 0 unspecified atom stereocenters. The monoisotopic (exact) mass is 309 g/mol. The minimum atomic E-state index is 0.844. The summed E-state index contributed by atoms with van der Waals surface area (Å²) in [6.45, 7) is 5.71. The second-order valence-corrected chi connectivity index (χ2v) is 6.62. The predicted molar refractivity (Wildman–Crippen MR) is 86.1 cm³/mol. The molecule has 0 fully saturated rings. The molecular weight excluding hydrogens is 290 g/mol. The van der Waals surface area contributed by atoms with Gasteiger partial charge in [-0.15, -0.1) is 11.3 Å². The van der Waals surface area contributed by atoms with Crippen molar-refractivity contribution in [1.29, 1.82) is 0 Å². The zero-order chi connectivity index (χ0) is 14.4. The summed E-state index contributed by atoms with van der Waals surface area (Å²) in [6.07, 6.45) is 1.95. The molecule has 0 radical (unpaired) electrons. The fourth-order valence-corrected chi connectivity index (χ4v) is 3.13. The Labute approximate surface area is 129 Å². The van der Waals surface area contributed by atoms with Gasteiger partial charge >= 0.3 is 0 Å². The molecule has 2 heterocycles. The summed E-state index contributed by atoms with van der Waals surface area (Å²) in [4.78, 5) is 8.04. The maximum absolute atomic E-state index is 5.94. The molecule has 0 aliphatic heterocycles. The Morgan fingerprint density at radius 1 is 1.25 bits per heavy atom. The molecule has 2 aromatic heterocycles. The van der Waals surface area contributed by atoms with E-state index in [0.29, 0.717) is 0 Å². The van der Waals surface area contributed by atoms with E-state index >= 15 is 0 Å². The molecule has 3 nitrogen and oxygen atoms in total. The fourth-order valence-electron chi connectivity index (χ4n) is 1.96. The van der Waals surface area contributed by atoms with Crippen LogP contribution in [0.1, 0.15) is 23.1 Å². The third-order valence-electron chi connectivity index (χ3n) is 2.95. The molecule has 5 heteroatoms. The summed E-state index contributed by atoms with van der Waals surface area (Å²) in [5.74, 6) is 0. The largest absolute Gasteiger partial charge is 0.313 e. The lowest BCUT2D eigenvalue weighted by atomic mass is 10.2. The number of thiophene rings is 1. The van der Waals surface area contributed by atoms with Gasteiger partial charge in [-0.3, -0.25) is 9.88 Å². The molecule has 0 aromatic carbocycles. The lowest BCUT2D eigenvalue weighted by Crippen LogP contribution is -2.17. The first-order valence-corrected chi connectivity index (χ1v) is 7.94. The van der Waals surface area contributed by atoms with Crippen LogP contribution in [0.5, 0.6) is 0 Å². The van der Waals surface area contributed by atoms with E-state index in [-0.39, 0.29) is 0 Å². The molecule has 2 aromatic rings. The molecule has 0 saturated heterocycles. The average Bonchev–Trinajstić information content (AvgIpc) is 2.83. The van der Waals surface area contributed by atoms with Crippen molar-refractivity contribution in [3.63, 3.8) is 0 Å². The highest BCUT2D eigenvalue weighted by Crippen LogP contribution is 2.22. The van der Waals surface area contributed by atoms with Crippen molar-refractivity contribution in [2.24, 2.45) is 0 Å². The van der Waals surface area contributed by atoms with Crippen LogP contribution in [-0.2, 0) is 19.6 Å². The van der Waals surface area contributed by atoms with E-state index in [1.165, 1.54) is 10.4 Å². The van der Waals surface area contributed by atoms with E-state index in [1.807, 2.05) is 12.3 Å². The van der Waals surface area contributed by atoms with Crippen molar-refractivity contribution in [3.8, 4) is 0 Å². The Bertz CT molecular complexity index is 524. The fraction of sp³-hybridized carbons (Fsp3) is 0.400. The molecule has 1 N–H and O–H groups in total. The molecule has 0 bridgehead atoms. The van der Waals surface area contributed by atoms with E-state index in [1.54, 1.807) is 11.3 Å². The third-order valence-corrected chi connectivity index (χ3v) is 4.17. The van der Waals surface area contributed by atoms with E-state index in [9.17, 15) is 0 Å². The van der Waals surface area contributed by atoms with E-state index in [2.05, 4.69) is 47.4 Å². The summed E-state index contributed by atoms with van der Waals surface area (Å²) in [5, 5.41) is 3.30. The molecular formula is C15H20ClN3S. The number of nitrogens with zero attached hydrogens (tertiary/aromatic N) is 2. The second kappa shape index (κ2) is 7.74. The first-order chi connectivity index (χ1) is 9.67. The van der Waals surface area contributed by atoms with Gasteiger partial charge < -0.3 is 5.32 Å². The zero-order valence-electron chi connectivity index (χ0n) is 11.9. The Hall–Kier alpha value is -0.940. The van der Waals surface area contributed by atoms with Crippen molar-refractivity contribution in [2.45, 2.75) is 26.6 Å². The molecule has 0 spiro atoms. The van der Waals surface area contributed by atoms with Crippen LogP contribution >= 0.6 is 22.9 Å². The lowest BCUT2D eigenvalue weighted by molar-refractivity contribution is 0.318. The van der Waals surface area contributed by atoms with Crippen molar-refractivity contribution < 1.29 is 0 Å². The van der Waals surface area contributed by atoms with Gasteiger partial charge in [0.2, 0.25) is 0 Å². The molecule has 0 aliphatic rings. The van der Waals surface area contributed by atoms with Gasteiger partial charge in [0.1, 0.15) is 0 Å². The minimum absolute atomic E-state index is 0.844. The maximum Gasteiger partial charge on any atom is 0.0931 e. The zero-order valence-corrected chi connectivity index (χ0v) is 13.5. The highest BCUT2D eigenvalue weighted by molar-refractivity contribution is 7.16. The summed E-state index contributed by atoms with van der Waals surface area (Å²) >= 11 is 7.58. The topological polar surface area (TPSA) is 28.2 Å². The van der Waals surface area contributed by atoms with Crippen molar-refractivity contribution in [1.82, 2.24) is 15.2 Å². The number of halogens is 1. The molecule has 2 rings (SSSR count). The maximum atomic E-state index is 5.94. The Morgan fingerprint density at radius 2 is 2.10 bits per heavy atom. The van der Waals surface area contributed by atoms with Crippen LogP contribution in [0.25, 0.3) is 0 Å². The number of hydrogen-bond donors (Lipinski definition) is 1. The van der Waals surface area contributed by atoms with E-state index in [4.69, 9.17) is 11.6 Å². The summed E-state index contributed by atoms with van der Waals surface area (Å²) < 4.78 is 0.847. The van der Waals surface area contributed by atoms with Crippen LogP contribution in [0, 0.1) is 0 Å².